The Balaban J connectivity index is 1.84. The molecule has 2 aromatic rings. The van der Waals surface area contributed by atoms with Gasteiger partial charge in [-0.25, -0.2) is 0 Å². The molecule has 0 bridgehead atoms. The van der Waals surface area contributed by atoms with Crippen LogP contribution < -0.4 is 5.32 Å². The fourth-order valence-corrected chi connectivity index (χ4v) is 2.57. The smallest absolute Gasteiger partial charge is 0.243 e. The van der Waals surface area contributed by atoms with E-state index in [2.05, 4.69) is 5.32 Å². The third kappa shape index (κ3) is 5.46. The van der Waals surface area contributed by atoms with Crippen LogP contribution >= 0.6 is 0 Å². The van der Waals surface area contributed by atoms with Gasteiger partial charge in [0.05, 0.1) is 25.9 Å². The SMILES string of the molecule is Cc1cccc(C)c1NC(=O)CN(C)C(=O)CN(C)Cc1ccco1. The molecule has 0 saturated heterocycles. The molecule has 134 valence electrons. The Bertz CT molecular complexity index is 705. The largest absolute Gasteiger partial charge is 0.468 e. The number of carbonyl (C=O) groups excluding carboxylic acids is 2. The number of nitrogens with one attached hydrogen (secondary N) is 1. The predicted molar refractivity (Wildman–Crippen MR) is 97.2 cm³/mol. The van der Waals surface area contributed by atoms with E-state index in [0.29, 0.717) is 6.54 Å². The maximum absolute atomic E-state index is 12.3. The van der Waals surface area contributed by atoms with Crippen molar-refractivity contribution in [1.82, 2.24) is 9.80 Å². The van der Waals surface area contributed by atoms with Crippen LogP contribution in [0, 0.1) is 13.8 Å². The van der Waals surface area contributed by atoms with Gasteiger partial charge in [0.15, 0.2) is 0 Å². The van der Waals surface area contributed by atoms with Crippen LogP contribution in [-0.4, -0.2) is 48.8 Å². The van der Waals surface area contributed by atoms with Crippen LogP contribution in [0.3, 0.4) is 0 Å². The molecule has 6 nitrogen and oxygen atoms in total. The van der Waals surface area contributed by atoms with Gasteiger partial charge in [0.1, 0.15) is 5.76 Å². The van der Waals surface area contributed by atoms with Crippen molar-refractivity contribution in [3.8, 4) is 0 Å². The molecule has 0 saturated carbocycles. The maximum atomic E-state index is 12.3. The van der Waals surface area contributed by atoms with Crippen molar-refractivity contribution >= 4 is 17.5 Å². The molecular formula is C19H25N3O3. The number of para-hydroxylation sites is 1. The van der Waals surface area contributed by atoms with Crippen molar-refractivity contribution < 1.29 is 14.0 Å². The van der Waals surface area contributed by atoms with Gasteiger partial charge < -0.3 is 14.6 Å². The van der Waals surface area contributed by atoms with Gasteiger partial charge in [-0.2, -0.15) is 0 Å². The van der Waals surface area contributed by atoms with Gasteiger partial charge >= 0.3 is 0 Å². The Labute approximate surface area is 148 Å². The first-order valence-corrected chi connectivity index (χ1v) is 8.17. The maximum Gasteiger partial charge on any atom is 0.243 e. The normalized spacial score (nSPS) is 10.8. The summed E-state index contributed by atoms with van der Waals surface area (Å²) < 4.78 is 5.27. The summed E-state index contributed by atoms with van der Waals surface area (Å²) in [5, 5.41) is 2.89. The average molecular weight is 343 g/mol. The van der Waals surface area contributed by atoms with Crippen LogP contribution in [0.2, 0.25) is 0 Å². The fraction of sp³-hybridized carbons (Fsp3) is 0.368. The molecule has 0 radical (unpaired) electrons. The van der Waals surface area contributed by atoms with E-state index in [4.69, 9.17) is 4.42 Å². The van der Waals surface area contributed by atoms with Gasteiger partial charge in [-0.3, -0.25) is 14.5 Å². The van der Waals surface area contributed by atoms with Gasteiger partial charge in [-0.1, -0.05) is 18.2 Å². The molecule has 0 spiro atoms. The monoisotopic (exact) mass is 343 g/mol. The first-order chi connectivity index (χ1) is 11.9. The molecule has 2 rings (SSSR count). The Morgan fingerprint density at radius 2 is 1.72 bits per heavy atom. The van der Waals surface area contributed by atoms with Crippen molar-refractivity contribution in [3.05, 3.63) is 53.5 Å². The van der Waals surface area contributed by atoms with E-state index in [0.717, 1.165) is 22.6 Å². The van der Waals surface area contributed by atoms with E-state index in [1.54, 1.807) is 13.3 Å². The van der Waals surface area contributed by atoms with Crippen LogP contribution in [-0.2, 0) is 16.1 Å². The summed E-state index contributed by atoms with van der Waals surface area (Å²) in [6.07, 6.45) is 1.61. The number of hydrogen-bond donors (Lipinski definition) is 1. The minimum atomic E-state index is -0.207. The van der Waals surface area contributed by atoms with E-state index >= 15 is 0 Å². The molecule has 2 amide bonds. The lowest BCUT2D eigenvalue weighted by molar-refractivity contribution is -0.134. The molecular weight excluding hydrogens is 318 g/mol. The summed E-state index contributed by atoms with van der Waals surface area (Å²) >= 11 is 0. The molecule has 0 fully saturated rings. The number of likely N-dealkylation sites (N-methyl/N-ethyl adjacent to an activating group) is 2. The zero-order valence-electron chi connectivity index (χ0n) is 15.2. The van der Waals surface area contributed by atoms with Gasteiger partial charge in [0, 0.05) is 12.7 Å². The lowest BCUT2D eigenvalue weighted by Gasteiger charge is -2.21. The zero-order chi connectivity index (χ0) is 18.4. The molecule has 1 aromatic carbocycles. The van der Waals surface area contributed by atoms with Gasteiger partial charge in [-0.05, 0) is 44.2 Å². The summed E-state index contributed by atoms with van der Waals surface area (Å²) in [6.45, 7) is 4.67. The van der Waals surface area contributed by atoms with Gasteiger partial charge in [-0.15, -0.1) is 0 Å². The number of benzene rings is 1. The molecule has 0 unspecified atom stereocenters. The molecule has 25 heavy (non-hydrogen) atoms. The summed E-state index contributed by atoms with van der Waals surface area (Å²) in [6, 6.07) is 9.52. The molecule has 1 heterocycles. The molecule has 0 aliphatic heterocycles. The summed E-state index contributed by atoms with van der Waals surface area (Å²) in [7, 11) is 3.47. The van der Waals surface area contributed by atoms with E-state index in [1.165, 1.54) is 4.90 Å². The highest BCUT2D eigenvalue weighted by atomic mass is 16.3. The van der Waals surface area contributed by atoms with Gasteiger partial charge in [0.25, 0.3) is 0 Å². The number of carbonyl (C=O) groups is 2. The van der Waals surface area contributed by atoms with E-state index in [1.807, 2.05) is 56.1 Å². The highest BCUT2D eigenvalue weighted by molar-refractivity contribution is 5.95. The van der Waals surface area contributed by atoms with Crippen molar-refractivity contribution in [3.63, 3.8) is 0 Å². The Morgan fingerprint density at radius 1 is 1.04 bits per heavy atom. The van der Waals surface area contributed by atoms with Crippen LogP contribution in [0.25, 0.3) is 0 Å². The summed E-state index contributed by atoms with van der Waals surface area (Å²) in [5.41, 5.74) is 2.81. The molecule has 6 heteroatoms. The number of aryl methyl sites for hydroxylation is 2. The summed E-state index contributed by atoms with van der Waals surface area (Å²) in [5.74, 6) is 0.471. The minimum absolute atomic E-state index is 0.0151. The second kappa shape index (κ2) is 8.48. The third-order valence-corrected chi connectivity index (χ3v) is 3.96. The standard InChI is InChI=1S/C19H25N3O3/c1-14-7-5-8-15(2)19(14)20-17(23)12-22(4)18(24)13-21(3)11-16-9-6-10-25-16/h5-10H,11-13H2,1-4H3,(H,20,23). The Hall–Kier alpha value is -2.60. The molecule has 1 N–H and O–H groups in total. The van der Waals surface area contributed by atoms with Crippen molar-refractivity contribution in [2.45, 2.75) is 20.4 Å². The number of amides is 2. The van der Waals surface area contributed by atoms with Crippen molar-refractivity contribution in [2.75, 3.05) is 32.5 Å². The van der Waals surface area contributed by atoms with Crippen LogP contribution in [0.15, 0.2) is 41.0 Å². The average Bonchev–Trinajstić information content (AvgIpc) is 3.03. The molecule has 1 aromatic heterocycles. The zero-order valence-corrected chi connectivity index (χ0v) is 15.2. The second-order valence-electron chi connectivity index (χ2n) is 6.32. The molecule has 0 aliphatic carbocycles. The van der Waals surface area contributed by atoms with Crippen LogP contribution in [0.1, 0.15) is 16.9 Å². The quantitative estimate of drug-likeness (QED) is 0.838. The van der Waals surface area contributed by atoms with E-state index in [9.17, 15) is 9.59 Å². The number of furan rings is 1. The van der Waals surface area contributed by atoms with Crippen LogP contribution in [0.5, 0.6) is 0 Å². The first kappa shape index (κ1) is 18.7. The Kier molecular flexibility index (Phi) is 6.36. The Morgan fingerprint density at radius 3 is 2.32 bits per heavy atom. The molecule has 0 atom stereocenters. The summed E-state index contributed by atoms with van der Waals surface area (Å²) in [4.78, 5) is 27.8. The third-order valence-electron chi connectivity index (χ3n) is 3.96. The highest BCUT2D eigenvalue weighted by Gasteiger charge is 2.16. The topological polar surface area (TPSA) is 65.8 Å². The molecule has 0 aliphatic rings. The van der Waals surface area contributed by atoms with Crippen molar-refractivity contribution in [2.24, 2.45) is 0 Å². The van der Waals surface area contributed by atoms with E-state index in [-0.39, 0.29) is 24.9 Å². The predicted octanol–water partition coefficient (Wildman–Crippen LogP) is 2.43. The lowest BCUT2D eigenvalue weighted by Crippen LogP contribution is -2.40. The van der Waals surface area contributed by atoms with E-state index < -0.39 is 0 Å². The number of nitrogens with zero attached hydrogens (tertiary/aromatic N) is 2. The van der Waals surface area contributed by atoms with Crippen molar-refractivity contribution in [1.29, 1.82) is 0 Å². The minimum Gasteiger partial charge on any atom is -0.468 e. The van der Waals surface area contributed by atoms with Gasteiger partial charge in [0.2, 0.25) is 11.8 Å². The lowest BCUT2D eigenvalue weighted by atomic mass is 10.1. The number of hydrogen-bond acceptors (Lipinski definition) is 4. The van der Waals surface area contributed by atoms with Crippen LogP contribution in [0.4, 0.5) is 5.69 Å². The number of anilines is 1. The number of rotatable bonds is 7. The first-order valence-electron chi connectivity index (χ1n) is 8.17. The highest BCUT2D eigenvalue weighted by Crippen LogP contribution is 2.19. The fourth-order valence-electron chi connectivity index (χ4n) is 2.57. The second-order valence-corrected chi connectivity index (χ2v) is 6.32.